The Morgan fingerprint density at radius 2 is 2.47 bits per heavy atom. The Morgan fingerprint density at radius 1 is 1.73 bits per heavy atom. The van der Waals surface area contributed by atoms with E-state index in [2.05, 4.69) is 16.8 Å². The fourth-order valence-corrected chi connectivity index (χ4v) is 2.19. The maximum Gasteiger partial charge on any atom is 0.304 e. The summed E-state index contributed by atoms with van der Waals surface area (Å²) in [4.78, 5) is 16.8. The number of aromatic nitrogens is 1. The smallest absolute Gasteiger partial charge is 0.304 e. The van der Waals surface area contributed by atoms with Crippen molar-refractivity contribution >= 4 is 17.3 Å². The third-order valence-electron chi connectivity index (χ3n) is 2.38. The van der Waals surface area contributed by atoms with Gasteiger partial charge in [0.15, 0.2) is 0 Å². The van der Waals surface area contributed by atoms with Crippen LogP contribution in [0, 0.1) is 0 Å². The zero-order valence-electron chi connectivity index (χ0n) is 9.01. The standard InChI is InChI=1S/C10H16N2O2S/c1-3-12(6-4-9(13)14)8(2)10-11-5-7-15-10/h5,7-8H,3-4,6H2,1-2H3,(H,13,14). The van der Waals surface area contributed by atoms with Crippen LogP contribution in [-0.4, -0.2) is 34.0 Å². The van der Waals surface area contributed by atoms with E-state index in [0.717, 1.165) is 11.6 Å². The van der Waals surface area contributed by atoms with Crippen molar-refractivity contribution in [1.29, 1.82) is 0 Å². The number of thiazole rings is 1. The molecule has 1 aromatic heterocycles. The molecule has 4 nitrogen and oxygen atoms in total. The highest BCUT2D eigenvalue weighted by molar-refractivity contribution is 7.09. The fraction of sp³-hybridized carbons (Fsp3) is 0.600. The van der Waals surface area contributed by atoms with E-state index in [1.54, 1.807) is 17.5 Å². The second-order valence-electron chi connectivity index (χ2n) is 3.32. The number of hydrogen-bond donors (Lipinski definition) is 1. The molecule has 1 aromatic rings. The molecule has 0 spiro atoms. The normalized spacial score (nSPS) is 13.0. The Hall–Kier alpha value is -0.940. The molecule has 0 aliphatic rings. The summed E-state index contributed by atoms with van der Waals surface area (Å²) in [5, 5.41) is 11.6. The third-order valence-corrected chi connectivity index (χ3v) is 3.32. The number of nitrogens with zero attached hydrogens (tertiary/aromatic N) is 2. The zero-order chi connectivity index (χ0) is 11.3. The van der Waals surface area contributed by atoms with Crippen molar-refractivity contribution in [3.63, 3.8) is 0 Å². The summed E-state index contributed by atoms with van der Waals surface area (Å²) in [5.74, 6) is -0.750. The molecular formula is C10H16N2O2S. The molecule has 1 heterocycles. The summed E-state index contributed by atoms with van der Waals surface area (Å²) in [6.07, 6.45) is 1.96. The Labute approximate surface area is 93.6 Å². The Bertz CT molecular complexity index is 300. The minimum absolute atomic E-state index is 0.184. The molecule has 1 rings (SSSR count). The summed E-state index contributed by atoms with van der Waals surface area (Å²) in [7, 11) is 0. The molecular weight excluding hydrogens is 212 g/mol. The maximum absolute atomic E-state index is 10.5. The summed E-state index contributed by atoms with van der Waals surface area (Å²) >= 11 is 1.61. The lowest BCUT2D eigenvalue weighted by Gasteiger charge is -2.25. The lowest BCUT2D eigenvalue weighted by atomic mass is 10.2. The largest absolute Gasteiger partial charge is 0.481 e. The van der Waals surface area contributed by atoms with Crippen molar-refractivity contribution in [3.05, 3.63) is 16.6 Å². The molecule has 0 radical (unpaired) electrons. The van der Waals surface area contributed by atoms with Gasteiger partial charge in [0, 0.05) is 18.1 Å². The van der Waals surface area contributed by atoms with Gasteiger partial charge in [0.1, 0.15) is 5.01 Å². The molecule has 1 atom stereocenters. The molecule has 0 bridgehead atoms. The van der Waals surface area contributed by atoms with Gasteiger partial charge < -0.3 is 5.11 Å². The van der Waals surface area contributed by atoms with Gasteiger partial charge in [-0.15, -0.1) is 11.3 Å². The monoisotopic (exact) mass is 228 g/mol. The van der Waals surface area contributed by atoms with Crippen LogP contribution < -0.4 is 0 Å². The average molecular weight is 228 g/mol. The first kappa shape index (κ1) is 12.1. The molecule has 0 saturated heterocycles. The number of carbonyl (C=O) groups is 1. The van der Waals surface area contributed by atoms with E-state index in [9.17, 15) is 4.79 Å². The van der Waals surface area contributed by atoms with E-state index < -0.39 is 5.97 Å². The quantitative estimate of drug-likeness (QED) is 0.809. The molecule has 15 heavy (non-hydrogen) atoms. The first-order chi connectivity index (χ1) is 7.15. The lowest BCUT2D eigenvalue weighted by Crippen LogP contribution is -2.29. The molecule has 0 aromatic carbocycles. The molecule has 1 unspecified atom stereocenters. The second-order valence-corrected chi connectivity index (χ2v) is 4.24. The van der Waals surface area contributed by atoms with Gasteiger partial charge in [-0.25, -0.2) is 4.98 Å². The number of aliphatic carboxylic acids is 1. The van der Waals surface area contributed by atoms with Crippen LogP contribution in [0.5, 0.6) is 0 Å². The highest BCUT2D eigenvalue weighted by atomic mass is 32.1. The lowest BCUT2D eigenvalue weighted by molar-refractivity contribution is -0.137. The molecule has 0 aliphatic carbocycles. The van der Waals surface area contributed by atoms with Gasteiger partial charge in [-0.3, -0.25) is 9.69 Å². The Kier molecular flexibility index (Phi) is 4.71. The molecule has 0 saturated carbocycles. The van der Waals surface area contributed by atoms with Gasteiger partial charge in [-0.2, -0.15) is 0 Å². The van der Waals surface area contributed by atoms with Crippen molar-refractivity contribution in [2.45, 2.75) is 26.3 Å². The molecule has 1 N–H and O–H groups in total. The van der Waals surface area contributed by atoms with Gasteiger partial charge >= 0.3 is 5.97 Å². The van der Waals surface area contributed by atoms with Crippen LogP contribution in [-0.2, 0) is 4.79 Å². The molecule has 84 valence electrons. The average Bonchev–Trinajstić information content (AvgIpc) is 2.70. The zero-order valence-corrected chi connectivity index (χ0v) is 9.83. The third kappa shape index (κ3) is 3.60. The highest BCUT2D eigenvalue weighted by Crippen LogP contribution is 2.21. The minimum atomic E-state index is -0.750. The molecule has 5 heteroatoms. The molecule has 0 aliphatic heterocycles. The van der Waals surface area contributed by atoms with E-state index >= 15 is 0 Å². The maximum atomic E-state index is 10.5. The van der Waals surface area contributed by atoms with Crippen LogP contribution >= 0.6 is 11.3 Å². The minimum Gasteiger partial charge on any atom is -0.481 e. The second kappa shape index (κ2) is 5.82. The summed E-state index contributed by atoms with van der Waals surface area (Å²) in [5.41, 5.74) is 0. The van der Waals surface area contributed by atoms with Crippen molar-refractivity contribution in [2.24, 2.45) is 0 Å². The van der Waals surface area contributed by atoms with E-state index in [1.165, 1.54) is 0 Å². The van der Waals surface area contributed by atoms with Gasteiger partial charge in [0.2, 0.25) is 0 Å². The topological polar surface area (TPSA) is 53.4 Å². The summed E-state index contributed by atoms with van der Waals surface area (Å²) in [6.45, 7) is 5.51. The van der Waals surface area contributed by atoms with Crippen molar-refractivity contribution in [3.8, 4) is 0 Å². The Balaban J connectivity index is 2.54. The predicted octanol–water partition coefficient (Wildman–Crippen LogP) is 2.00. The van der Waals surface area contributed by atoms with E-state index in [4.69, 9.17) is 5.11 Å². The van der Waals surface area contributed by atoms with Gasteiger partial charge in [-0.1, -0.05) is 6.92 Å². The first-order valence-electron chi connectivity index (χ1n) is 5.00. The molecule has 0 fully saturated rings. The van der Waals surface area contributed by atoms with Crippen LogP contribution in [0.1, 0.15) is 31.3 Å². The highest BCUT2D eigenvalue weighted by Gasteiger charge is 2.16. The number of carboxylic acids is 1. The van der Waals surface area contributed by atoms with Crippen molar-refractivity contribution in [1.82, 2.24) is 9.88 Å². The molecule has 0 amide bonds. The van der Waals surface area contributed by atoms with E-state index in [-0.39, 0.29) is 12.5 Å². The number of rotatable bonds is 6. The Morgan fingerprint density at radius 3 is 2.93 bits per heavy atom. The number of carboxylic acid groups (broad SMARTS) is 1. The van der Waals surface area contributed by atoms with Crippen molar-refractivity contribution < 1.29 is 9.90 Å². The van der Waals surface area contributed by atoms with Gasteiger partial charge in [-0.05, 0) is 13.5 Å². The van der Waals surface area contributed by atoms with Crippen LogP contribution in [0.2, 0.25) is 0 Å². The first-order valence-corrected chi connectivity index (χ1v) is 5.88. The van der Waals surface area contributed by atoms with Crippen LogP contribution in [0.15, 0.2) is 11.6 Å². The number of hydrogen-bond acceptors (Lipinski definition) is 4. The van der Waals surface area contributed by atoms with Crippen LogP contribution in [0.3, 0.4) is 0 Å². The summed E-state index contributed by atoms with van der Waals surface area (Å²) in [6, 6.07) is 0.203. The van der Waals surface area contributed by atoms with Crippen LogP contribution in [0.25, 0.3) is 0 Å². The predicted molar refractivity (Wildman–Crippen MR) is 60.0 cm³/mol. The SMILES string of the molecule is CCN(CCC(=O)O)C(C)c1nccs1. The summed E-state index contributed by atoms with van der Waals surface area (Å²) < 4.78 is 0. The van der Waals surface area contributed by atoms with E-state index in [0.29, 0.717) is 6.54 Å². The fourth-order valence-electron chi connectivity index (χ4n) is 1.46. The van der Waals surface area contributed by atoms with E-state index in [1.807, 2.05) is 12.3 Å². The van der Waals surface area contributed by atoms with Crippen LogP contribution in [0.4, 0.5) is 0 Å². The van der Waals surface area contributed by atoms with Crippen molar-refractivity contribution in [2.75, 3.05) is 13.1 Å². The van der Waals surface area contributed by atoms with Gasteiger partial charge in [0.05, 0.1) is 12.5 Å². The van der Waals surface area contributed by atoms with Gasteiger partial charge in [0.25, 0.3) is 0 Å².